The molecule has 0 fully saturated rings. The predicted molar refractivity (Wildman–Crippen MR) is 52.5 cm³/mol. The molecule has 71 valence electrons. The first kappa shape index (κ1) is 12.0. The second kappa shape index (κ2) is 4.29. The minimum atomic E-state index is -0.280. The smallest absolute Gasteiger partial charge is 0.292 e. The standard InChI is InChI=1S/C9H20BO2/c1-7-10-12-9(4,5)8(2,3)11-6/h7H2,1-6H3. The Morgan fingerprint density at radius 3 is 1.92 bits per heavy atom. The molecule has 0 spiro atoms. The van der Waals surface area contributed by atoms with E-state index in [1.807, 2.05) is 35.2 Å². The van der Waals surface area contributed by atoms with Crippen LogP contribution < -0.4 is 0 Å². The Morgan fingerprint density at radius 1 is 1.08 bits per heavy atom. The number of rotatable bonds is 5. The average molecular weight is 171 g/mol. The van der Waals surface area contributed by atoms with Crippen molar-refractivity contribution in [2.75, 3.05) is 7.11 Å². The van der Waals surface area contributed by atoms with Crippen molar-refractivity contribution in [2.24, 2.45) is 0 Å². The second-order valence-electron chi connectivity index (χ2n) is 3.92. The molecule has 1 radical (unpaired) electrons. The lowest BCUT2D eigenvalue weighted by molar-refractivity contribution is -0.115. The second-order valence-corrected chi connectivity index (χ2v) is 3.92. The summed E-state index contributed by atoms with van der Waals surface area (Å²) < 4.78 is 10.9. The minimum absolute atomic E-state index is 0.265. The van der Waals surface area contributed by atoms with Gasteiger partial charge in [0.2, 0.25) is 0 Å². The SMILES string of the molecule is CC[B]OC(C)(C)C(C)(C)OC. The van der Waals surface area contributed by atoms with Gasteiger partial charge in [0.1, 0.15) is 0 Å². The van der Waals surface area contributed by atoms with Gasteiger partial charge in [-0.3, -0.25) is 0 Å². The maximum Gasteiger partial charge on any atom is 0.292 e. The van der Waals surface area contributed by atoms with Gasteiger partial charge >= 0.3 is 0 Å². The van der Waals surface area contributed by atoms with E-state index < -0.39 is 0 Å². The fourth-order valence-electron chi connectivity index (χ4n) is 0.679. The average Bonchev–Trinajstić information content (AvgIpc) is 2.00. The summed E-state index contributed by atoms with van der Waals surface area (Å²) in [7, 11) is 3.53. The van der Waals surface area contributed by atoms with Gasteiger partial charge in [0.15, 0.2) is 0 Å². The summed E-state index contributed by atoms with van der Waals surface area (Å²) in [6.07, 6.45) is 0.920. The molecule has 0 saturated carbocycles. The van der Waals surface area contributed by atoms with Gasteiger partial charge in [0.25, 0.3) is 7.48 Å². The minimum Gasteiger partial charge on any atom is -0.433 e. The molecule has 2 nitrogen and oxygen atoms in total. The van der Waals surface area contributed by atoms with Gasteiger partial charge in [-0.1, -0.05) is 13.2 Å². The molecule has 0 unspecified atom stereocenters. The molecule has 0 bridgehead atoms. The Kier molecular flexibility index (Phi) is 4.28. The third-order valence-corrected chi connectivity index (χ3v) is 2.50. The molecule has 0 aromatic heterocycles. The molecule has 0 aromatic carbocycles. The summed E-state index contributed by atoms with van der Waals surface area (Å²) in [4.78, 5) is 0. The van der Waals surface area contributed by atoms with Crippen molar-refractivity contribution in [3.8, 4) is 0 Å². The Hall–Kier alpha value is -0.0151. The summed E-state index contributed by atoms with van der Waals surface area (Å²) >= 11 is 0. The highest BCUT2D eigenvalue weighted by Crippen LogP contribution is 2.27. The molecule has 0 aliphatic rings. The van der Waals surface area contributed by atoms with Gasteiger partial charge < -0.3 is 9.39 Å². The summed E-state index contributed by atoms with van der Waals surface area (Å²) in [6, 6.07) is 0. The van der Waals surface area contributed by atoms with E-state index in [1.165, 1.54) is 0 Å². The van der Waals surface area contributed by atoms with Crippen LogP contribution in [0.1, 0.15) is 34.6 Å². The monoisotopic (exact) mass is 171 g/mol. The van der Waals surface area contributed by atoms with Gasteiger partial charge in [-0.05, 0) is 27.7 Å². The van der Waals surface area contributed by atoms with Gasteiger partial charge in [0.05, 0.1) is 11.2 Å². The van der Waals surface area contributed by atoms with Gasteiger partial charge in [-0.25, -0.2) is 0 Å². The van der Waals surface area contributed by atoms with Crippen LogP contribution in [0.4, 0.5) is 0 Å². The Balaban J connectivity index is 4.17. The van der Waals surface area contributed by atoms with Crippen LogP contribution in [0.3, 0.4) is 0 Å². The molecule has 0 aliphatic heterocycles. The number of hydrogen-bond donors (Lipinski definition) is 0. The van der Waals surface area contributed by atoms with E-state index in [0.29, 0.717) is 0 Å². The highest BCUT2D eigenvalue weighted by molar-refractivity contribution is 6.27. The Morgan fingerprint density at radius 2 is 1.58 bits per heavy atom. The molecule has 0 amide bonds. The number of ether oxygens (including phenoxy) is 1. The Bertz CT molecular complexity index is 132. The van der Waals surface area contributed by atoms with E-state index in [2.05, 4.69) is 6.92 Å². The van der Waals surface area contributed by atoms with Crippen molar-refractivity contribution in [3.63, 3.8) is 0 Å². The topological polar surface area (TPSA) is 18.5 Å². The largest absolute Gasteiger partial charge is 0.433 e. The lowest BCUT2D eigenvalue weighted by Crippen LogP contribution is -2.49. The first-order chi connectivity index (χ1) is 5.37. The third-order valence-electron chi connectivity index (χ3n) is 2.50. The predicted octanol–water partition coefficient (Wildman–Crippen LogP) is 2.26. The summed E-state index contributed by atoms with van der Waals surface area (Å²) in [6.45, 7) is 10.2. The van der Waals surface area contributed by atoms with E-state index in [1.54, 1.807) is 7.11 Å². The molecule has 0 saturated heterocycles. The van der Waals surface area contributed by atoms with Crippen LogP contribution in [0.5, 0.6) is 0 Å². The van der Waals surface area contributed by atoms with Crippen LogP contribution in [0.2, 0.25) is 6.32 Å². The van der Waals surface area contributed by atoms with Crippen LogP contribution in [0, 0.1) is 0 Å². The number of methoxy groups -OCH3 is 1. The van der Waals surface area contributed by atoms with Gasteiger partial charge in [0, 0.05) is 7.11 Å². The quantitative estimate of drug-likeness (QED) is 0.590. The lowest BCUT2D eigenvalue weighted by atomic mass is 9.85. The van der Waals surface area contributed by atoms with E-state index in [9.17, 15) is 0 Å². The molecule has 12 heavy (non-hydrogen) atoms. The summed E-state index contributed by atoms with van der Waals surface area (Å²) in [5, 5.41) is 0. The molecular weight excluding hydrogens is 151 g/mol. The molecule has 3 heteroatoms. The summed E-state index contributed by atoms with van der Waals surface area (Å²) in [5.74, 6) is 0. The maximum atomic E-state index is 5.58. The maximum absolute atomic E-state index is 5.58. The lowest BCUT2D eigenvalue weighted by Gasteiger charge is -2.40. The van der Waals surface area contributed by atoms with Crippen LogP contribution in [0.15, 0.2) is 0 Å². The fourth-order valence-corrected chi connectivity index (χ4v) is 0.679. The van der Waals surface area contributed by atoms with Gasteiger partial charge in [-0.2, -0.15) is 0 Å². The van der Waals surface area contributed by atoms with Crippen LogP contribution in [-0.2, 0) is 9.39 Å². The molecule has 0 rings (SSSR count). The Labute approximate surface area is 76.9 Å². The number of hydrogen-bond acceptors (Lipinski definition) is 2. The van der Waals surface area contributed by atoms with E-state index in [-0.39, 0.29) is 11.2 Å². The molecular formula is C9H20BO2. The van der Waals surface area contributed by atoms with Crippen molar-refractivity contribution in [1.82, 2.24) is 0 Å². The first-order valence-corrected chi connectivity index (χ1v) is 4.42. The third kappa shape index (κ3) is 2.79. The van der Waals surface area contributed by atoms with Crippen molar-refractivity contribution in [2.45, 2.75) is 52.1 Å². The fraction of sp³-hybridized carbons (Fsp3) is 1.00. The zero-order chi connectivity index (χ0) is 9.83. The van der Waals surface area contributed by atoms with Gasteiger partial charge in [-0.15, -0.1) is 0 Å². The molecule has 0 N–H and O–H groups in total. The van der Waals surface area contributed by atoms with Crippen LogP contribution >= 0.6 is 0 Å². The van der Waals surface area contributed by atoms with Crippen molar-refractivity contribution in [1.29, 1.82) is 0 Å². The molecule has 0 heterocycles. The first-order valence-electron chi connectivity index (χ1n) is 4.42. The van der Waals surface area contributed by atoms with Crippen LogP contribution in [0.25, 0.3) is 0 Å². The molecule has 0 atom stereocenters. The van der Waals surface area contributed by atoms with Crippen molar-refractivity contribution >= 4 is 7.48 Å². The molecule has 0 aliphatic carbocycles. The molecule has 0 aromatic rings. The zero-order valence-electron chi connectivity index (χ0n) is 9.10. The normalized spacial score (nSPS) is 13.2. The summed E-state index contributed by atoms with van der Waals surface area (Å²) in [5.41, 5.74) is -0.545. The van der Waals surface area contributed by atoms with E-state index in [4.69, 9.17) is 9.39 Å². The van der Waals surface area contributed by atoms with Crippen LogP contribution in [-0.4, -0.2) is 25.8 Å². The highest BCUT2D eigenvalue weighted by atomic mass is 16.5. The van der Waals surface area contributed by atoms with E-state index >= 15 is 0 Å². The van der Waals surface area contributed by atoms with Crippen molar-refractivity contribution in [3.05, 3.63) is 0 Å². The van der Waals surface area contributed by atoms with Crippen molar-refractivity contribution < 1.29 is 9.39 Å². The van der Waals surface area contributed by atoms with E-state index in [0.717, 1.165) is 6.32 Å². The zero-order valence-corrected chi connectivity index (χ0v) is 9.10. The highest BCUT2D eigenvalue weighted by Gasteiger charge is 2.37.